The highest BCUT2D eigenvalue weighted by Crippen LogP contribution is 2.43. The summed E-state index contributed by atoms with van der Waals surface area (Å²) in [6.45, 7) is 4.41. The van der Waals surface area contributed by atoms with E-state index < -0.39 is 0 Å². The highest BCUT2D eigenvalue weighted by atomic mass is 15.3. The number of hydrogen-bond donors (Lipinski definition) is 0. The summed E-state index contributed by atoms with van der Waals surface area (Å²) in [6.07, 6.45) is 4.92. The average molecular weight is 217 g/mol. The van der Waals surface area contributed by atoms with Crippen LogP contribution >= 0.6 is 0 Å². The van der Waals surface area contributed by atoms with Crippen molar-refractivity contribution in [3.63, 3.8) is 0 Å². The monoisotopic (exact) mass is 217 g/mol. The van der Waals surface area contributed by atoms with Crippen LogP contribution in [-0.2, 0) is 7.05 Å². The minimum Gasteiger partial charge on any atom is -0.353 e. The lowest BCUT2D eigenvalue weighted by molar-refractivity contribution is 0.736. The second-order valence-electron chi connectivity index (χ2n) is 5.18. The zero-order valence-corrected chi connectivity index (χ0v) is 10.5. The summed E-state index contributed by atoms with van der Waals surface area (Å²) in [7, 11) is 4.31. The van der Waals surface area contributed by atoms with Crippen LogP contribution in [0.2, 0.25) is 0 Å². The molecule has 0 spiro atoms. The first-order valence-corrected chi connectivity index (χ1v) is 6.08. The van der Waals surface area contributed by atoms with Crippen molar-refractivity contribution >= 4 is 11.4 Å². The van der Waals surface area contributed by atoms with Crippen molar-refractivity contribution in [3.05, 3.63) is 17.6 Å². The van der Waals surface area contributed by atoms with Crippen LogP contribution in [0.5, 0.6) is 0 Å². The maximum Gasteiger partial charge on any atom is 0.136 e. The van der Waals surface area contributed by atoms with Gasteiger partial charge in [-0.2, -0.15) is 0 Å². The third-order valence-electron chi connectivity index (χ3n) is 3.85. The Morgan fingerprint density at radius 3 is 2.62 bits per heavy atom. The van der Waals surface area contributed by atoms with Gasteiger partial charge in [-0.05, 0) is 32.3 Å². The molecular formula is C13H19N3. The molecule has 1 aromatic rings. The molecule has 86 valence electrons. The van der Waals surface area contributed by atoms with E-state index in [1.54, 1.807) is 0 Å². The molecule has 2 aliphatic rings. The lowest BCUT2D eigenvalue weighted by Crippen LogP contribution is -2.32. The molecule has 0 saturated heterocycles. The van der Waals surface area contributed by atoms with E-state index in [1.807, 2.05) is 0 Å². The first-order chi connectivity index (χ1) is 7.59. The van der Waals surface area contributed by atoms with Gasteiger partial charge in [0, 0.05) is 26.1 Å². The number of rotatable bonds is 1. The highest BCUT2D eigenvalue weighted by Gasteiger charge is 2.33. The quantitative estimate of drug-likeness (QED) is 0.721. The van der Waals surface area contributed by atoms with Crippen LogP contribution in [0.1, 0.15) is 44.1 Å². The predicted octanol–water partition coefficient (Wildman–Crippen LogP) is 2.54. The molecule has 1 aromatic heterocycles. The van der Waals surface area contributed by atoms with E-state index in [9.17, 15) is 0 Å². The van der Waals surface area contributed by atoms with Crippen molar-refractivity contribution in [1.82, 2.24) is 9.55 Å². The summed E-state index contributed by atoms with van der Waals surface area (Å²) in [6, 6.07) is 0.468. The third kappa shape index (κ3) is 1.24. The highest BCUT2D eigenvalue weighted by molar-refractivity contribution is 5.76. The van der Waals surface area contributed by atoms with Gasteiger partial charge in [0.2, 0.25) is 0 Å². The molecule has 1 aliphatic heterocycles. The fourth-order valence-corrected chi connectivity index (χ4v) is 2.63. The molecule has 2 heterocycles. The van der Waals surface area contributed by atoms with Gasteiger partial charge in [0.25, 0.3) is 0 Å². The zero-order chi connectivity index (χ0) is 11.4. The summed E-state index contributed by atoms with van der Waals surface area (Å²) in [5, 5.41) is 0. The number of allylic oxidation sites excluding steroid dienone is 1. The van der Waals surface area contributed by atoms with Crippen molar-refractivity contribution in [2.24, 2.45) is 7.05 Å². The Kier molecular flexibility index (Phi) is 1.94. The molecule has 1 atom stereocenters. The van der Waals surface area contributed by atoms with Crippen LogP contribution in [0.15, 0.2) is 6.08 Å². The summed E-state index contributed by atoms with van der Waals surface area (Å²) >= 11 is 0. The van der Waals surface area contributed by atoms with E-state index in [0.29, 0.717) is 12.0 Å². The van der Waals surface area contributed by atoms with Crippen LogP contribution in [0.25, 0.3) is 5.57 Å². The van der Waals surface area contributed by atoms with Crippen LogP contribution in [-0.4, -0.2) is 22.6 Å². The molecular weight excluding hydrogens is 198 g/mol. The Morgan fingerprint density at radius 1 is 1.31 bits per heavy atom. The van der Waals surface area contributed by atoms with Gasteiger partial charge in [0.1, 0.15) is 17.3 Å². The molecule has 0 radical (unpaired) electrons. The van der Waals surface area contributed by atoms with Gasteiger partial charge >= 0.3 is 0 Å². The molecule has 3 rings (SSSR count). The Balaban J connectivity index is 2.16. The van der Waals surface area contributed by atoms with E-state index in [-0.39, 0.29) is 0 Å². The number of fused-ring (bicyclic) bond motifs is 1. The molecule has 3 heteroatoms. The van der Waals surface area contributed by atoms with Gasteiger partial charge in [-0.25, -0.2) is 4.98 Å². The maximum absolute atomic E-state index is 4.83. The number of nitrogens with zero attached hydrogens (tertiary/aromatic N) is 3. The van der Waals surface area contributed by atoms with Gasteiger partial charge in [0.15, 0.2) is 0 Å². The Bertz CT molecular complexity index is 466. The predicted molar refractivity (Wildman–Crippen MR) is 66.7 cm³/mol. The Morgan fingerprint density at radius 2 is 2.00 bits per heavy atom. The van der Waals surface area contributed by atoms with Gasteiger partial charge in [0.05, 0.1) is 0 Å². The fourth-order valence-electron chi connectivity index (χ4n) is 2.63. The lowest BCUT2D eigenvalue weighted by atomic mass is 10.1. The minimum atomic E-state index is 0.468. The van der Waals surface area contributed by atoms with Crippen LogP contribution in [0.3, 0.4) is 0 Å². The van der Waals surface area contributed by atoms with Gasteiger partial charge in [-0.15, -0.1) is 0 Å². The van der Waals surface area contributed by atoms with Gasteiger partial charge < -0.3 is 9.47 Å². The molecule has 3 nitrogen and oxygen atoms in total. The van der Waals surface area contributed by atoms with E-state index in [0.717, 1.165) is 0 Å². The molecule has 1 unspecified atom stereocenters. The van der Waals surface area contributed by atoms with Crippen LogP contribution < -0.4 is 4.90 Å². The molecule has 0 amide bonds. The maximum atomic E-state index is 4.83. The molecule has 0 bridgehead atoms. The van der Waals surface area contributed by atoms with E-state index in [4.69, 9.17) is 4.98 Å². The zero-order valence-electron chi connectivity index (χ0n) is 10.5. The molecule has 1 saturated carbocycles. The first-order valence-electron chi connectivity index (χ1n) is 6.08. The molecule has 16 heavy (non-hydrogen) atoms. The third-order valence-corrected chi connectivity index (χ3v) is 3.85. The van der Waals surface area contributed by atoms with Crippen LogP contribution in [0, 0.1) is 0 Å². The van der Waals surface area contributed by atoms with Gasteiger partial charge in [-0.1, -0.05) is 6.08 Å². The van der Waals surface area contributed by atoms with Crippen molar-refractivity contribution < 1.29 is 0 Å². The standard InChI is InChI=1S/C13H19N3/c1-8-7-9(2)15(3)13-11(8)14-12(16(13)4)10-5-6-10/h7,9-10H,5-6H2,1-4H3. The molecule has 0 aromatic carbocycles. The summed E-state index contributed by atoms with van der Waals surface area (Å²) in [4.78, 5) is 7.15. The molecule has 1 aliphatic carbocycles. The number of imidazole rings is 1. The topological polar surface area (TPSA) is 21.1 Å². The van der Waals surface area contributed by atoms with E-state index >= 15 is 0 Å². The summed E-state index contributed by atoms with van der Waals surface area (Å²) in [5.74, 6) is 3.28. The van der Waals surface area contributed by atoms with Crippen molar-refractivity contribution in [1.29, 1.82) is 0 Å². The second kappa shape index (κ2) is 3.12. The van der Waals surface area contributed by atoms with E-state index in [2.05, 4.69) is 43.5 Å². The molecule has 1 fully saturated rings. The van der Waals surface area contributed by atoms with E-state index in [1.165, 1.54) is 35.8 Å². The lowest BCUT2D eigenvalue weighted by Gasteiger charge is -2.30. The van der Waals surface area contributed by atoms with Crippen molar-refractivity contribution in [2.45, 2.75) is 38.6 Å². The number of hydrogen-bond acceptors (Lipinski definition) is 2. The first kappa shape index (κ1) is 9.94. The number of aromatic nitrogens is 2. The normalized spacial score (nSPS) is 24.4. The van der Waals surface area contributed by atoms with Crippen molar-refractivity contribution in [3.8, 4) is 0 Å². The Labute approximate surface area is 96.8 Å². The smallest absolute Gasteiger partial charge is 0.136 e. The van der Waals surface area contributed by atoms with Gasteiger partial charge in [-0.3, -0.25) is 0 Å². The summed E-state index contributed by atoms with van der Waals surface area (Å²) in [5.41, 5.74) is 2.51. The minimum absolute atomic E-state index is 0.468. The molecule has 0 N–H and O–H groups in total. The Hall–Kier alpha value is -1.25. The SMILES string of the molecule is CC1=CC(C)N(C)c2c1nc(C1CC1)n2C. The largest absolute Gasteiger partial charge is 0.353 e. The van der Waals surface area contributed by atoms with Crippen LogP contribution in [0.4, 0.5) is 5.82 Å². The average Bonchev–Trinajstić information content (AvgIpc) is 3.00. The summed E-state index contributed by atoms with van der Waals surface area (Å²) < 4.78 is 2.29. The number of likely N-dealkylation sites (N-methyl/N-ethyl adjacent to an activating group) is 1. The second-order valence-corrected chi connectivity index (χ2v) is 5.18. The van der Waals surface area contributed by atoms with Crippen molar-refractivity contribution in [2.75, 3.05) is 11.9 Å². The fraction of sp³-hybridized carbons (Fsp3) is 0.615. The number of anilines is 1.